The molecule has 8 aromatic carbocycles. The van der Waals surface area contributed by atoms with Crippen LogP contribution in [0.4, 0.5) is 0 Å². The van der Waals surface area contributed by atoms with E-state index in [0.717, 1.165) is 39.0 Å². The van der Waals surface area contributed by atoms with Crippen molar-refractivity contribution >= 4 is 53.1 Å². The van der Waals surface area contributed by atoms with Gasteiger partial charge in [0.05, 0.1) is 11.4 Å². The molecule has 0 bridgehead atoms. The van der Waals surface area contributed by atoms with E-state index in [1.807, 2.05) is 11.3 Å². The lowest BCUT2D eigenvalue weighted by atomic mass is 9.93. The molecule has 0 aliphatic heterocycles. The molecule has 2 aromatic heterocycles. The molecule has 0 atom stereocenters. The Bertz CT molecular complexity index is 2920. The number of aromatic nitrogens is 2. The number of benzene rings is 8. The topological polar surface area (TPSA) is 25.8 Å². The summed E-state index contributed by atoms with van der Waals surface area (Å²) in [6, 6.07) is 65.1. The Balaban J connectivity index is 1.24. The molecular weight excluding hydrogens is 637 g/mol. The SMILES string of the molecule is c1ccc(-c2cc(-c3cc(-c4ccc5ccccc5c4)nc(-c4cccc5ccccc45)n3)cc(-c3cccc4c3sc3ccccc34)c2)cc1. The van der Waals surface area contributed by atoms with Crippen LogP contribution in [0.5, 0.6) is 0 Å². The monoisotopic (exact) mass is 666 g/mol. The van der Waals surface area contributed by atoms with Crippen LogP contribution in [0.15, 0.2) is 182 Å². The minimum Gasteiger partial charge on any atom is -0.228 e. The summed E-state index contributed by atoms with van der Waals surface area (Å²) in [5.41, 5.74) is 9.63. The highest BCUT2D eigenvalue weighted by molar-refractivity contribution is 7.26. The van der Waals surface area contributed by atoms with E-state index >= 15 is 0 Å². The molecule has 0 N–H and O–H groups in total. The fourth-order valence-corrected chi connectivity index (χ4v) is 8.57. The Morgan fingerprint density at radius 3 is 1.84 bits per heavy atom. The Morgan fingerprint density at radius 2 is 0.961 bits per heavy atom. The molecule has 0 saturated carbocycles. The number of hydrogen-bond donors (Lipinski definition) is 0. The van der Waals surface area contributed by atoms with Crippen molar-refractivity contribution in [2.75, 3.05) is 0 Å². The maximum Gasteiger partial charge on any atom is 0.161 e. The van der Waals surface area contributed by atoms with Gasteiger partial charge in [0, 0.05) is 36.9 Å². The predicted molar refractivity (Wildman–Crippen MR) is 217 cm³/mol. The second-order valence-electron chi connectivity index (χ2n) is 13.0. The van der Waals surface area contributed by atoms with Gasteiger partial charge in [0.2, 0.25) is 0 Å². The van der Waals surface area contributed by atoms with E-state index in [2.05, 4.69) is 182 Å². The molecule has 3 heteroatoms. The maximum absolute atomic E-state index is 5.37. The molecule has 10 aromatic rings. The molecule has 2 heterocycles. The van der Waals surface area contributed by atoms with Crippen molar-refractivity contribution in [1.82, 2.24) is 9.97 Å². The Morgan fingerprint density at radius 1 is 0.333 bits per heavy atom. The van der Waals surface area contributed by atoms with Gasteiger partial charge in [-0.2, -0.15) is 0 Å². The van der Waals surface area contributed by atoms with Gasteiger partial charge in [0.15, 0.2) is 5.82 Å². The van der Waals surface area contributed by atoms with Crippen LogP contribution in [0.25, 0.3) is 97.9 Å². The first-order valence-electron chi connectivity index (χ1n) is 17.2. The minimum atomic E-state index is 0.714. The van der Waals surface area contributed by atoms with Crippen molar-refractivity contribution in [3.05, 3.63) is 182 Å². The molecule has 0 aliphatic carbocycles. The summed E-state index contributed by atoms with van der Waals surface area (Å²) < 4.78 is 2.60. The normalized spacial score (nSPS) is 11.5. The average molecular weight is 667 g/mol. The standard InChI is InChI=1S/C48H30N2S/c1-2-12-31(13-3-1)36-27-37(40-20-11-21-42-41-19-8-9-23-46(41)51-47(40)42)29-38(28-36)45-30-44(35-25-24-32-14-4-5-16-34(32)26-35)49-48(50-45)43-22-10-17-33-15-6-7-18-39(33)43/h1-30H. The number of fused-ring (bicyclic) bond motifs is 5. The van der Waals surface area contributed by atoms with Crippen molar-refractivity contribution in [2.24, 2.45) is 0 Å². The van der Waals surface area contributed by atoms with Crippen molar-refractivity contribution in [1.29, 1.82) is 0 Å². The van der Waals surface area contributed by atoms with Crippen molar-refractivity contribution in [3.8, 4) is 56.2 Å². The highest BCUT2D eigenvalue weighted by atomic mass is 32.1. The van der Waals surface area contributed by atoms with Gasteiger partial charge >= 0.3 is 0 Å². The molecule has 0 unspecified atom stereocenters. The fourth-order valence-electron chi connectivity index (χ4n) is 7.34. The average Bonchev–Trinajstić information content (AvgIpc) is 3.59. The van der Waals surface area contributed by atoms with Crippen LogP contribution in [0.2, 0.25) is 0 Å². The number of hydrogen-bond acceptors (Lipinski definition) is 3. The van der Waals surface area contributed by atoms with Crippen molar-refractivity contribution < 1.29 is 0 Å². The lowest BCUT2D eigenvalue weighted by molar-refractivity contribution is 1.19. The Hall–Kier alpha value is -6.42. The molecule has 238 valence electrons. The molecular formula is C48H30N2S. The molecule has 51 heavy (non-hydrogen) atoms. The summed E-state index contributed by atoms with van der Waals surface area (Å²) in [4.78, 5) is 10.6. The maximum atomic E-state index is 5.37. The predicted octanol–water partition coefficient (Wildman–Crippen LogP) is 13.5. The third-order valence-electron chi connectivity index (χ3n) is 9.85. The van der Waals surface area contributed by atoms with E-state index in [4.69, 9.17) is 9.97 Å². The molecule has 10 rings (SSSR count). The molecule has 0 saturated heterocycles. The van der Waals surface area contributed by atoms with Gasteiger partial charge in [-0.25, -0.2) is 9.97 Å². The van der Waals surface area contributed by atoms with Gasteiger partial charge in [0.1, 0.15) is 0 Å². The van der Waals surface area contributed by atoms with E-state index in [1.165, 1.54) is 53.0 Å². The van der Waals surface area contributed by atoms with Gasteiger partial charge in [-0.05, 0) is 80.2 Å². The second kappa shape index (κ2) is 12.2. The Kier molecular flexibility index (Phi) is 7.04. The van der Waals surface area contributed by atoms with Crippen LogP contribution in [-0.4, -0.2) is 9.97 Å². The lowest BCUT2D eigenvalue weighted by Crippen LogP contribution is -1.97. The minimum absolute atomic E-state index is 0.714. The smallest absolute Gasteiger partial charge is 0.161 e. The summed E-state index contributed by atoms with van der Waals surface area (Å²) in [5.74, 6) is 0.714. The van der Waals surface area contributed by atoms with Crippen molar-refractivity contribution in [2.45, 2.75) is 0 Å². The second-order valence-corrected chi connectivity index (χ2v) is 14.0. The molecule has 0 aliphatic rings. The number of rotatable bonds is 5. The van der Waals surface area contributed by atoms with Gasteiger partial charge < -0.3 is 0 Å². The van der Waals surface area contributed by atoms with Gasteiger partial charge in [-0.1, -0.05) is 146 Å². The van der Waals surface area contributed by atoms with E-state index in [-0.39, 0.29) is 0 Å². The summed E-state index contributed by atoms with van der Waals surface area (Å²) >= 11 is 1.86. The Labute approximate surface area is 300 Å². The summed E-state index contributed by atoms with van der Waals surface area (Å²) in [6.07, 6.45) is 0. The first-order chi connectivity index (χ1) is 25.2. The van der Waals surface area contributed by atoms with Gasteiger partial charge in [0.25, 0.3) is 0 Å². The van der Waals surface area contributed by atoms with Gasteiger partial charge in [-0.15, -0.1) is 11.3 Å². The highest BCUT2D eigenvalue weighted by Gasteiger charge is 2.17. The fraction of sp³-hybridized carbons (Fsp3) is 0. The van der Waals surface area contributed by atoms with Crippen LogP contribution < -0.4 is 0 Å². The number of nitrogens with zero attached hydrogens (tertiary/aromatic N) is 2. The van der Waals surface area contributed by atoms with Crippen molar-refractivity contribution in [3.63, 3.8) is 0 Å². The lowest BCUT2D eigenvalue weighted by Gasteiger charge is -2.14. The zero-order chi connectivity index (χ0) is 33.7. The summed E-state index contributed by atoms with van der Waals surface area (Å²) in [5, 5.41) is 7.29. The summed E-state index contributed by atoms with van der Waals surface area (Å²) in [6.45, 7) is 0. The van der Waals surface area contributed by atoms with E-state index in [9.17, 15) is 0 Å². The molecule has 0 amide bonds. The molecule has 0 fully saturated rings. The first kappa shape index (κ1) is 29.5. The summed E-state index contributed by atoms with van der Waals surface area (Å²) in [7, 11) is 0. The quantitative estimate of drug-likeness (QED) is 0.183. The van der Waals surface area contributed by atoms with E-state index in [1.54, 1.807) is 0 Å². The van der Waals surface area contributed by atoms with Crippen LogP contribution in [-0.2, 0) is 0 Å². The van der Waals surface area contributed by atoms with E-state index in [0.29, 0.717) is 5.82 Å². The third-order valence-corrected chi connectivity index (χ3v) is 11.1. The van der Waals surface area contributed by atoms with Crippen LogP contribution >= 0.6 is 11.3 Å². The van der Waals surface area contributed by atoms with Gasteiger partial charge in [-0.3, -0.25) is 0 Å². The van der Waals surface area contributed by atoms with Crippen LogP contribution in [0, 0.1) is 0 Å². The largest absolute Gasteiger partial charge is 0.228 e. The molecule has 2 nitrogen and oxygen atoms in total. The van der Waals surface area contributed by atoms with Crippen LogP contribution in [0.1, 0.15) is 0 Å². The highest BCUT2D eigenvalue weighted by Crippen LogP contribution is 2.42. The zero-order valence-electron chi connectivity index (χ0n) is 27.6. The number of thiophene rings is 1. The van der Waals surface area contributed by atoms with E-state index < -0.39 is 0 Å². The molecule has 0 spiro atoms. The third kappa shape index (κ3) is 5.27. The zero-order valence-corrected chi connectivity index (χ0v) is 28.4. The van der Waals surface area contributed by atoms with Crippen LogP contribution in [0.3, 0.4) is 0 Å². The first-order valence-corrected chi connectivity index (χ1v) is 18.0. The molecule has 0 radical (unpaired) electrons.